The van der Waals surface area contributed by atoms with Crippen molar-refractivity contribution in [3.05, 3.63) is 36.4 Å². The zero-order chi connectivity index (χ0) is 14.8. The lowest BCUT2D eigenvalue weighted by Crippen LogP contribution is -2.38. The van der Waals surface area contributed by atoms with Gasteiger partial charge in [0.15, 0.2) is 5.82 Å². The van der Waals surface area contributed by atoms with Gasteiger partial charge in [-0.25, -0.2) is 0 Å². The van der Waals surface area contributed by atoms with E-state index in [2.05, 4.69) is 10.4 Å². The van der Waals surface area contributed by atoms with Crippen LogP contribution >= 0.6 is 0 Å². The second kappa shape index (κ2) is 5.43. The fraction of sp³-hybridized carbons (Fsp3) is 0.357. The minimum atomic E-state index is -0.659. The maximum Gasteiger partial charge on any atom is 0.315 e. The van der Waals surface area contributed by atoms with Crippen LogP contribution < -0.4 is 5.32 Å². The number of hydrogen-bond donors (Lipinski definition) is 1. The summed E-state index contributed by atoms with van der Waals surface area (Å²) >= 11 is 0. The van der Waals surface area contributed by atoms with Crippen LogP contribution in [0.15, 0.2) is 35.1 Å². The number of hydrogen-bond acceptors (Lipinski definition) is 4. The highest BCUT2D eigenvalue weighted by atomic mass is 16.3. The molecule has 2 aromatic rings. The topological polar surface area (TPSA) is 80.4 Å². The van der Waals surface area contributed by atoms with Gasteiger partial charge in [-0.05, 0) is 18.6 Å². The van der Waals surface area contributed by atoms with Crippen LogP contribution in [0.25, 0.3) is 0 Å². The summed E-state index contributed by atoms with van der Waals surface area (Å²) in [6.45, 7) is 1.06. The van der Waals surface area contributed by atoms with E-state index in [9.17, 15) is 9.59 Å². The van der Waals surface area contributed by atoms with Crippen LogP contribution in [0.4, 0.5) is 5.82 Å². The molecule has 1 aliphatic rings. The van der Waals surface area contributed by atoms with Crippen molar-refractivity contribution >= 4 is 17.6 Å². The molecule has 0 saturated carbocycles. The van der Waals surface area contributed by atoms with E-state index < -0.39 is 11.8 Å². The molecule has 7 heteroatoms. The zero-order valence-corrected chi connectivity index (χ0v) is 11.7. The van der Waals surface area contributed by atoms with E-state index in [1.54, 1.807) is 35.2 Å². The average molecular weight is 288 g/mol. The molecule has 1 aliphatic heterocycles. The first kappa shape index (κ1) is 13.4. The van der Waals surface area contributed by atoms with Crippen molar-refractivity contribution in [1.82, 2.24) is 14.7 Å². The molecule has 2 aromatic heterocycles. The molecule has 1 N–H and O–H groups in total. The molecule has 0 aromatic carbocycles. The largest absolute Gasteiger partial charge is 0.469 e. The van der Waals surface area contributed by atoms with Crippen LogP contribution in [0.2, 0.25) is 0 Å². The van der Waals surface area contributed by atoms with Crippen molar-refractivity contribution in [2.75, 3.05) is 18.4 Å². The number of nitrogens with zero attached hydrogens (tertiary/aromatic N) is 3. The summed E-state index contributed by atoms with van der Waals surface area (Å²) < 4.78 is 6.91. The van der Waals surface area contributed by atoms with Gasteiger partial charge in [0.05, 0.1) is 6.26 Å². The van der Waals surface area contributed by atoms with Gasteiger partial charge in [-0.3, -0.25) is 14.3 Å². The molecule has 0 bridgehead atoms. The molecular formula is C14H16N4O3. The number of nitrogens with one attached hydrogen (secondary N) is 1. The summed E-state index contributed by atoms with van der Waals surface area (Å²) in [5.41, 5.74) is 0. The Morgan fingerprint density at radius 2 is 2.29 bits per heavy atom. The number of rotatable bonds is 2. The van der Waals surface area contributed by atoms with Crippen molar-refractivity contribution in [2.45, 2.75) is 12.3 Å². The lowest BCUT2D eigenvalue weighted by molar-refractivity contribution is -0.142. The van der Waals surface area contributed by atoms with Crippen LogP contribution in [-0.4, -0.2) is 39.6 Å². The number of carbonyl (C=O) groups excluding carboxylic acids is 2. The molecule has 110 valence electrons. The Morgan fingerprint density at radius 3 is 2.95 bits per heavy atom. The van der Waals surface area contributed by atoms with Gasteiger partial charge in [0, 0.05) is 38.3 Å². The lowest BCUT2D eigenvalue weighted by atomic mass is 10.1. The predicted octanol–water partition coefficient (Wildman–Crippen LogP) is 0.968. The van der Waals surface area contributed by atoms with Crippen LogP contribution in [-0.2, 0) is 16.6 Å². The number of furan rings is 1. The van der Waals surface area contributed by atoms with E-state index >= 15 is 0 Å². The summed E-state index contributed by atoms with van der Waals surface area (Å²) in [6, 6.07) is 5.36. The van der Waals surface area contributed by atoms with E-state index in [4.69, 9.17) is 4.42 Å². The third kappa shape index (κ3) is 2.81. The van der Waals surface area contributed by atoms with E-state index in [1.165, 1.54) is 0 Å². The quantitative estimate of drug-likeness (QED) is 0.835. The molecule has 3 heterocycles. The van der Waals surface area contributed by atoms with Crippen molar-refractivity contribution in [3.8, 4) is 0 Å². The van der Waals surface area contributed by atoms with Gasteiger partial charge in [-0.2, -0.15) is 5.10 Å². The van der Waals surface area contributed by atoms with Gasteiger partial charge in [-0.1, -0.05) is 0 Å². The Bertz CT molecular complexity index is 647. The minimum absolute atomic E-state index is 0.159. The molecule has 0 spiro atoms. The maximum atomic E-state index is 12.1. The van der Waals surface area contributed by atoms with Gasteiger partial charge < -0.3 is 14.6 Å². The second-order valence-corrected chi connectivity index (χ2v) is 5.08. The predicted molar refractivity (Wildman–Crippen MR) is 74.5 cm³/mol. The average Bonchev–Trinajstić information content (AvgIpc) is 3.18. The molecule has 1 saturated heterocycles. The number of anilines is 1. The first-order valence-electron chi connectivity index (χ1n) is 6.77. The van der Waals surface area contributed by atoms with Crippen LogP contribution in [0.5, 0.6) is 0 Å². The Balaban J connectivity index is 1.59. The normalized spacial score (nSPS) is 18.0. The number of likely N-dealkylation sites (tertiary alicyclic amines) is 1. The van der Waals surface area contributed by atoms with Crippen LogP contribution in [0, 0.1) is 0 Å². The molecule has 0 radical (unpaired) electrons. The standard InChI is InChI=1S/C14H16N4O3/c1-17-6-5-12(16-17)15-13(19)14(20)18-7-4-10(9-18)11-3-2-8-21-11/h2-3,5-6,8,10H,4,7,9H2,1H3,(H,15,16,19). The molecule has 3 rings (SSSR count). The Labute approximate surface area is 121 Å². The van der Waals surface area contributed by atoms with E-state index in [-0.39, 0.29) is 5.92 Å². The number of amides is 2. The first-order valence-corrected chi connectivity index (χ1v) is 6.77. The lowest BCUT2D eigenvalue weighted by Gasteiger charge is -2.14. The SMILES string of the molecule is Cn1ccc(NC(=O)C(=O)N2CCC(c3ccco3)C2)n1. The molecular weight excluding hydrogens is 272 g/mol. The van der Waals surface area contributed by atoms with Gasteiger partial charge in [-0.15, -0.1) is 0 Å². The first-order chi connectivity index (χ1) is 10.1. The van der Waals surface area contributed by atoms with E-state index in [0.29, 0.717) is 18.9 Å². The zero-order valence-electron chi connectivity index (χ0n) is 11.7. The summed E-state index contributed by atoms with van der Waals surface area (Å²) in [7, 11) is 1.74. The fourth-order valence-electron chi connectivity index (χ4n) is 2.50. The number of aromatic nitrogens is 2. The van der Waals surface area contributed by atoms with Crippen molar-refractivity contribution < 1.29 is 14.0 Å². The Morgan fingerprint density at radius 1 is 1.43 bits per heavy atom. The Kier molecular flexibility index (Phi) is 3.47. The fourth-order valence-corrected chi connectivity index (χ4v) is 2.50. The van der Waals surface area contributed by atoms with Crippen molar-refractivity contribution in [1.29, 1.82) is 0 Å². The second-order valence-electron chi connectivity index (χ2n) is 5.08. The van der Waals surface area contributed by atoms with E-state index in [0.717, 1.165) is 12.2 Å². The molecule has 7 nitrogen and oxygen atoms in total. The number of aryl methyl sites for hydroxylation is 1. The molecule has 1 unspecified atom stereocenters. The molecule has 21 heavy (non-hydrogen) atoms. The summed E-state index contributed by atoms with van der Waals surface area (Å²) in [4.78, 5) is 25.6. The van der Waals surface area contributed by atoms with Crippen molar-refractivity contribution in [2.24, 2.45) is 7.05 Å². The molecule has 1 fully saturated rings. The van der Waals surface area contributed by atoms with Crippen molar-refractivity contribution in [3.63, 3.8) is 0 Å². The number of carbonyl (C=O) groups is 2. The minimum Gasteiger partial charge on any atom is -0.469 e. The van der Waals surface area contributed by atoms with Crippen LogP contribution in [0.1, 0.15) is 18.1 Å². The third-order valence-corrected chi connectivity index (χ3v) is 3.57. The third-order valence-electron chi connectivity index (χ3n) is 3.57. The van der Waals surface area contributed by atoms with Gasteiger partial charge in [0.25, 0.3) is 0 Å². The maximum absolute atomic E-state index is 12.1. The summed E-state index contributed by atoms with van der Waals surface area (Å²) in [5, 5.41) is 6.52. The highest BCUT2D eigenvalue weighted by Crippen LogP contribution is 2.27. The molecule has 2 amide bonds. The summed E-state index contributed by atoms with van der Waals surface area (Å²) in [5.74, 6) is 0.197. The highest BCUT2D eigenvalue weighted by Gasteiger charge is 2.32. The summed E-state index contributed by atoms with van der Waals surface area (Å²) in [6.07, 6.45) is 4.12. The van der Waals surface area contributed by atoms with Crippen LogP contribution in [0.3, 0.4) is 0 Å². The molecule has 0 aliphatic carbocycles. The highest BCUT2D eigenvalue weighted by molar-refractivity contribution is 6.39. The Hall–Kier alpha value is -2.57. The van der Waals surface area contributed by atoms with Gasteiger partial charge in [0.1, 0.15) is 5.76 Å². The van der Waals surface area contributed by atoms with Gasteiger partial charge in [0.2, 0.25) is 0 Å². The molecule has 1 atom stereocenters. The van der Waals surface area contributed by atoms with Gasteiger partial charge >= 0.3 is 11.8 Å². The monoisotopic (exact) mass is 288 g/mol. The smallest absolute Gasteiger partial charge is 0.315 e. The van der Waals surface area contributed by atoms with E-state index in [1.807, 2.05) is 12.1 Å².